The van der Waals surface area contributed by atoms with Crippen LogP contribution in [0.2, 0.25) is 5.02 Å². The van der Waals surface area contributed by atoms with Crippen molar-refractivity contribution in [3.8, 4) is 23.0 Å². The Hall–Kier alpha value is -4.94. The number of carbonyl (C=O) groups is 2. The summed E-state index contributed by atoms with van der Waals surface area (Å²) in [5.74, 6) is 0.296. The van der Waals surface area contributed by atoms with Crippen LogP contribution in [-0.2, 0) is 32.6 Å². The van der Waals surface area contributed by atoms with E-state index in [1.807, 2.05) is 36.4 Å². The van der Waals surface area contributed by atoms with E-state index in [4.69, 9.17) is 30.5 Å². The Morgan fingerprint density at radius 1 is 0.788 bits per heavy atom. The molecule has 1 saturated carbocycles. The van der Waals surface area contributed by atoms with Crippen LogP contribution in [0.4, 0.5) is 5.69 Å². The number of hydrogen-bond donors (Lipinski definition) is 1. The first-order valence-electron chi connectivity index (χ1n) is 16.9. The largest absolute Gasteiger partial charge is 0.497 e. The van der Waals surface area contributed by atoms with Crippen LogP contribution in [0, 0.1) is 0 Å². The average Bonchev–Trinajstić information content (AvgIpc) is 3.68. The second kappa shape index (κ2) is 17.5. The maximum Gasteiger partial charge on any atom is 0.265 e. The minimum atomic E-state index is -4.51. The molecule has 1 atom stereocenters. The van der Waals surface area contributed by atoms with Gasteiger partial charge in [-0.3, -0.25) is 13.9 Å². The Labute approximate surface area is 310 Å². The Morgan fingerprint density at radius 2 is 1.46 bits per heavy atom. The van der Waals surface area contributed by atoms with E-state index in [1.54, 1.807) is 31.4 Å². The summed E-state index contributed by atoms with van der Waals surface area (Å²) in [4.78, 5) is 30.5. The summed E-state index contributed by atoms with van der Waals surface area (Å²) in [6.07, 6.45) is 3.90. The summed E-state index contributed by atoms with van der Waals surface area (Å²) in [6, 6.07) is 24.3. The molecule has 1 unspecified atom stereocenters. The highest BCUT2D eigenvalue weighted by Gasteiger charge is 2.37. The van der Waals surface area contributed by atoms with Gasteiger partial charge in [0.05, 0.1) is 39.0 Å². The maximum absolute atomic E-state index is 14.9. The van der Waals surface area contributed by atoms with Crippen molar-refractivity contribution in [2.24, 2.45) is 0 Å². The van der Waals surface area contributed by atoms with Crippen LogP contribution in [0.5, 0.6) is 23.0 Å². The van der Waals surface area contributed by atoms with E-state index in [0.29, 0.717) is 17.1 Å². The molecule has 11 nitrogen and oxygen atoms in total. The van der Waals surface area contributed by atoms with Crippen molar-refractivity contribution >= 4 is 39.1 Å². The van der Waals surface area contributed by atoms with Crippen LogP contribution in [0.15, 0.2) is 95.9 Å². The van der Waals surface area contributed by atoms with Gasteiger partial charge in [-0.15, -0.1) is 0 Å². The predicted octanol–water partition coefficient (Wildman–Crippen LogP) is 6.27. The Balaban J connectivity index is 1.63. The van der Waals surface area contributed by atoms with E-state index in [1.165, 1.54) is 56.6 Å². The van der Waals surface area contributed by atoms with Gasteiger partial charge in [0.1, 0.15) is 24.1 Å². The van der Waals surface area contributed by atoms with Crippen LogP contribution in [0.1, 0.15) is 36.8 Å². The predicted molar refractivity (Wildman–Crippen MR) is 200 cm³/mol. The standard InChI is InChI=1S/C39H44ClN3O8S/c1-48-31-16-10-13-28(21-31)25-42(34(22-27-11-6-5-7-12-27)39(45)41-30-14-8-9-15-30)38(44)26-43(33-23-29(40)17-19-35(33)49-2)52(46,47)32-18-20-36(50-3)37(24-32)51-4/h5-7,10-13,16-21,23-24,30,34H,8-9,14-15,22,25-26H2,1-4H3,(H,41,45). The molecule has 276 valence electrons. The topological polar surface area (TPSA) is 124 Å². The third kappa shape index (κ3) is 9.10. The molecule has 2 amide bonds. The Morgan fingerprint density at radius 3 is 2.13 bits per heavy atom. The quantitative estimate of drug-likeness (QED) is 0.142. The van der Waals surface area contributed by atoms with E-state index in [0.717, 1.165) is 35.6 Å². The monoisotopic (exact) mass is 749 g/mol. The van der Waals surface area contributed by atoms with Gasteiger partial charge in [0.25, 0.3) is 10.0 Å². The van der Waals surface area contributed by atoms with Crippen molar-refractivity contribution in [3.63, 3.8) is 0 Å². The minimum Gasteiger partial charge on any atom is -0.497 e. The van der Waals surface area contributed by atoms with Crippen LogP contribution < -0.4 is 28.6 Å². The first-order valence-corrected chi connectivity index (χ1v) is 18.7. The van der Waals surface area contributed by atoms with Crippen molar-refractivity contribution < 1.29 is 37.0 Å². The molecule has 0 aliphatic heterocycles. The van der Waals surface area contributed by atoms with E-state index in [9.17, 15) is 18.0 Å². The minimum absolute atomic E-state index is 0.0114. The number of nitrogens with one attached hydrogen (secondary N) is 1. The number of carbonyl (C=O) groups excluding carboxylic acids is 2. The van der Waals surface area contributed by atoms with Gasteiger partial charge in [0.2, 0.25) is 11.8 Å². The van der Waals surface area contributed by atoms with Gasteiger partial charge in [-0.25, -0.2) is 8.42 Å². The fourth-order valence-corrected chi connectivity index (χ4v) is 7.96. The lowest BCUT2D eigenvalue weighted by Gasteiger charge is -2.34. The van der Waals surface area contributed by atoms with E-state index in [-0.39, 0.29) is 52.0 Å². The van der Waals surface area contributed by atoms with E-state index >= 15 is 0 Å². The maximum atomic E-state index is 14.9. The number of halogens is 1. The van der Waals surface area contributed by atoms with E-state index in [2.05, 4.69) is 5.32 Å². The summed E-state index contributed by atoms with van der Waals surface area (Å²) in [5.41, 5.74) is 1.56. The number of methoxy groups -OCH3 is 4. The van der Waals surface area contributed by atoms with Gasteiger partial charge in [0, 0.05) is 30.1 Å². The average molecular weight is 750 g/mol. The van der Waals surface area contributed by atoms with E-state index < -0.39 is 28.5 Å². The summed E-state index contributed by atoms with van der Waals surface area (Å²) < 4.78 is 52.1. The molecule has 0 aromatic heterocycles. The number of nitrogens with zero attached hydrogens (tertiary/aromatic N) is 2. The SMILES string of the molecule is COc1cccc(CN(C(=O)CN(c2cc(Cl)ccc2OC)S(=O)(=O)c2ccc(OC)c(OC)c2)C(Cc2ccccc2)C(=O)NC2CCCC2)c1. The molecule has 1 N–H and O–H groups in total. The van der Waals surface area contributed by atoms with Crippen molar-refractivity contribution in [1.82, 2.24) is 10.2 Å². The number of benzene rings is 4. The molecule has 1 fully saturated rings. The van der Waals surface area contributed by atoms with Gasteiger partial charge in [-0.2, -0.15) is 0 Å². The zero-order valence-electron chi connectivity index (χ0n) is 29.7. The number of sulfonamides is 1. The summed E-state index contributed by atoms with van der Waals surface area (Å²) in [7, 11) is 1.28. The molecule has 0 spiro atoms. The molecule has 52 heavy (non-hydrogen) atoms. The molecule has 0 saturated heterocycles. The van der Waals surface area contributed by atoms with Crippen molar-refractivity contribution in [2.45, 2.75) is 55.6 Å². The first-order chi connectivity index (χ1) is 25.1. The molecule has 4 aromatic rings. The van der Waals surface area contributed by atoms with Crippen LogP contribution >= 0.6 is 11.6 Å². The number of amides is 2. The lowest BCUT2D eigenvalue weighted by molar-refractivity contribution is -0.140. The summed E-state index contributed by atoms with van der Waals surface area (Å²) >= 11 is 6.43. The van der Waals surface area contributed by atoms with Crippen molar-refractivity contribution in [3.05, 3.63) is 107 Å². The number of anilines is 1. The zero-order valence-corrected chi connectivity index (χ0v) is 31.3. The van der Waals surface area contributed by atoms with Crippen molar-refractivity contribution in [1.29, 1.82) is 0 Å². The highest BCUT2D eigenvalue weighted by molar-refractivity contribution is 7.92. The first kappa shape index (κ1) is 38.3. The van der Waals surface area contributed by atoms with Gasteiger partial charge >= 0.3 is 0 Å². The van der Waals surface area contributed by atoms with Gasteiger partial charge in [-0.05, 0) is 66.4 Å². The van der Waals surface area contributed by atoms with Crippen LogP contribution in [-0.4, -0.2) is 72.2 Å². The molecule has 0 radical (unpaired) electrons. The van der Waals surface area contributed by atoms with Gasteiger partial charge in [0.15, 0.2) is 11.5 Å². The third-order valence-electron chi connectivity index (χ3n) is 9.09. The lowest BCUT2D eigenvalue weighted by atomic mass is 10.0. The van der Waals surface area contributed by atoms with Crippen LogP contribution in [0.25, 0.3) is 0 Å². The Kier molecular flexibility index (Phi) is 12.9. The fraction of sp³-hybridized carbons (Fsp3) is 0.333. The van der Waals surface area contributed by atoms with Crippen molar-refractivity contribution in [2.75, 3.05) is 39.3 Å². The molecule has 4 aromatic carbocycles. The number of hydrogen-bond acceptors (Lipinski definition) is 8. The number of rotatable bonds is 16. The molecular formula is C39H44ClN3O8S. The molecule has 1 aliphatic carbocycles. The molecule has 1 aliphatic rings. The fourth-order valence-electron chi connectivity index (χ4n) is 6.36. The molecule has 13 heteroatoms. The normalized spacial score (nSPS) is 13.6. The third-order valence-corrected chi connectivity index (χ3v) is 11.1. The van der Waals surface area contributed by atoms with Gasteiger partial charge < -0.3 is 29.2 Å². The smallest absolute Gasteiger partial charge is 0.265 e. The highest BCUT2D eigenvalue weighted by atomic mass is 35.5. The number of ether oxygens (including phenoxy) is 4. The zero-order chi connectivity index (χ0) is 37.3. The summed E-state index contributed by atoms with van der Waals surface area (Å²) in [5, 5.41) is 3.40. The highest BCUT2D eigenvalue weighted by Crippen LogP contribution is 2.37. The second-order valence-electron chi connectivity index (χ2n) is 12.4. The van der Waals surface area contributed by atoms with Crippen LogP contribution in [0.3, 0.4) is 0 Å². The molecule has 0 heterocycles. The summed E-state index contributed by atoms with van der Waals surface area (Å²) in [6.45, 7) is -0.706. The molecular weight excluding hydrogens is 706 g/mol. The second-order valence-corrected chi connectivity index (χ2v) is 14.7. The van der Waals surface area contributed by atoms with Gasteiger partial charge in [-0.1, -0.05) is 66.9 Å². The Bertz CT molecular complexity index is 1950. The molecule has 5 rings (SSSR count). The molecule has 0 bridgehead atoms. The lowest BCUT2D eigenvalue weighted by Crippen LogP contribution is -2.54.